The summed E-state index contributed by atoms with van der Waals surface area (Å²) in [6.45, 7) is 3.59. The molecule has 0 spiro atoms. The van der Waals surface area contributed by atoms with E-state index < -0.39 is 0 Å². The molecule has 1 N–H and O–H groups in total. The molecule has 2 heterocycles. The number of aryl methyl sites for hydroxylation is 1. The van der Waals surface area contributed by atoms with Crippen LogP contribution in [0.2, 0.25) is 0 Å². The monoisotopic (exact) mass is 205 g/mol. The Hall–Kier alpha value is -0.830. The second kappa shape index (κ2) is 3.97. The fourth-order valence-electron chi connectivity index (χ4n) is 2.49. The average Bonchev–Trinajstić information content (AvgIpc) is 2.81. The SMILES string of the molecule is c1cn(CCC2CCNC2)c(C2CC2)n1. The Morgan fingerprint density at radius 3 is 3.07 bits per heavy atom. The second-order valence-corrected chi connectivity index (χ2v) is 4.90. The summed E-state index contributed by atoms with van der Waals surface area (Å²) in [6, 6.07) is 0. The highest BCUT2D eigenvalue weighted by Gasteiger charge is 2.27. The first-order valence-corrected chi connectivity index (χ1v) is 6.15. The first-order chi connectivity index (χ1) is 7.43. The number of rotatable bonds is 4. The van der Waals surface area contributed by atoms with E-state index in [2.05, 4.69) is 21.1 Å². The van der Waals surface area contributed by atoms with E-state index >= 15 is 0 Å². The molecule has 1 saturated carbocycles. The van der Waals surface area contributed by atoms with Crippen LogP contribution in [0, 0.1) is 5.92 Å². The van der Waals surface area contributed by atoms with Crippen LogP contribution < -0.4 is 5.32 Å². The summed E-state index contributed by atoms with van der Waals surface area (Å²) >= 11 is 0. The van der Waals surface area contributed by atoms with Gasteiger partial charge in [0.1, 0.15) is 5.82 Å². The van der Waals surface area contributed by atoms with Gasteiger partial charge in [-0.3, -0.25) is 0 Å². The van der Waals surface area contributed by atoms with Crippen LogP contribution in [0.15, 0.2) is 12.4 Å². The highest BCUT2D eigenvalue weighted by atomic mass is 15.1. The van der Waals surface area contributed by atoms with Crippen LogP contribution >= 0.6 is 0 Å². The number of hydrogen-bond acceptors (Lipinski definition) is 2. The van der Waals surface area contributed by atoms with E-state index in [0.29, 0.717) is 0 Å². The van der Waals surface area contributed by atoms with Crippen LogP contribution in [0.25, 0.3) is 0 Å². The molecular weight excluding hydrogens is 186 g/mol. The Bertz CT molecular complexity index is 321. The summed E-state index contributed by atoms with van der Waals surface area (Å²) in [4.78, 5) is 4.47. The molecule has 1 atom stereocenters. The average molecular weight is 205 g/mol. The van der Waals surface area contributed by atoms with Gasteiger partial charge in [0.05, 0.1) is 0 Å². The Morgan fingerprint density at radius 1 is 1.40 bits per heavy atom. The van der Waals surface area contributed by atoms with E-state index in [4.69, 9.17) is 0 Å². The zero-order valence-corrected chi connectivity index (χ0v) is 9.15. The van der Waals surface area contributed by atoms with E-state index in [1.165, 1.54) is 44.6 Å². The molecule has 82 valence electrons. The van der Waals surface area contributed by atoms with Gasteiger partial charge in [0.2, 0.25) is 0 Å². The molecule has 1 unspecified atom stereocenters. The van der Waals surface area contributed by atoms with Crippen molar-refractivity contribution in [1.82, 2.24) is 14.9 Å². The largest absolute Gasteiger partial charge is 0.335 e. The third kappa shape index (κ3) is 2.07. The van der Waals surface area contributed by atoms with Crippen molar-refractivity contribution >= 4 is 0 Å². The quantitative estimate of drug-likeness (QED) is 0.811. The van der Waals surface area contributed by atoms with E-state index in [9.17, 15) is 0 Å². The van der Waals surface area contributed by atoms with Gasteiger partial charge < -0.3 is 9.88 Å². The molecule has 0 aromatic carbocycles. The van der Waals surface area contributed by atoms with Crippen LogP contribution in [-0.2, 0) is 6.54 Å². The minimum Gasteiger partial charge on any atom is -0.335 e. The van der Waals surface area contributed by atoms with Gasteiger partial charge in [-0.2, -0.15) is 0 Å². The molecule has 15 heavy (non-hydrogen) atoms. The zero-order valence-electron chi connectivity index (χ0n) is 9.15. The van der Waals surface area contributed by atoms with Gasteiger partial charge in [0, 0.05) is 24.9 Å². The van der Waals surface area contributed by atoms with Crippen molar-refractivity contribution in [3.63, 3.8) is 0 Å². The smallest absolute Gasteiger partial charge is 0.111 e. The van der Waals surface area contributed by atoms with Gasteiger partial charge in [-0.15, -0.1) is 0 Å². The Morgan fingerprint density at radius 2 is 2.33 bits per heavy atom. The number of hydrogen-bond donors (Lipinski definition) is 1. The molecule has 3 heteroatoms. The van der Waals surface area contributed by atoms with Gasteiger partial charge >= 0.3 is 0 Å². The van der Waals surface area contributed by atoms with Crippen molar-refractivity contribution in [3.05, 3.63) is 18.2 Å². The fourth-order valence-corrected chi connectivity index (χ4v) is 2.49. The maximum Gasteiger partial charge on any atom is 0.111 e. The summed E-state index contributed by atoms with van der Waals surface area (Å²) in [5.41, 5.74) is 0. The van der Waals surface area contributed by atoms with Crippen molar-refractivity contribution in [2.24, 2.45) is 5.92 Å². The van der Waals surface area contributed by atoms with Crippen molar-refractivity contribution in [2.75, 3.05) is 13.1 Å². The maximum absolute atomic E-state index is 4.47. The summed E-state index contributed by atoms with van der Waals surface area (Å²) < 4.78 is 2.37. The van der Waals surface area contributed by atoms with Crippen LogP contribution in [0.4, 0.5) is 0 Å². The summed E-state index contributed by atoms with van der Waals surface area (Å²) in [5, 5.41) is 3.43. The predicted molar refractivity (Wildman–Crippen MR) is 59.8 cm³/mol. The molecule has 3 rings (SSSR count). The molecule has 0 radical (unpaired) electrons. The van der Waals surface area contributed by atoms with Gasteiger partial charge in [0.15, 0.2) is 0 Å². The van der Waals surface area contributed by atoms with Gasteiger partial charge in [0.25, 0.3) is 0 Å². The third-order valence-corrected chi connectivity index (χ3v) is 3.63. The lowest BCUT2D eigenvalue weighted by molar-refractivity contribution is 0.472. The normalized spacial score (nSPS) is 26.0. The van der Waals surface area contributed by atoms with E-state index in [1.54, 1.807) is 0 Å². The van der Waals surface area contributed by atoms with Crippen molar-refractivity contribution < 1.29 is 0 Å². The van der Waals surface area contributed by atoms with Gasteiger partial charge in [-0.05, 0) is 44.7 Å². The minimum atomic E-state index is 0.779. The van der Waals surface area contributed by atoms with Crippen molar-refractivity contribution in [1.29, 1.82) is 0 Å². The number of nitrogens with one attached hydrogen (secondary N) is 1. The fraction of sp³-hybridized carbons (Fsp3) is 0.750. The minimum absolute atomic E-state index is 0.779. The molecule has 1 aliphatic heterocycles. The lowest BCUT2D eigenvalue weighted by atomic mass is 10.1. The van der Waals surface area contributed by atoms with E-state index in [1.807, 2.05) is 6.20 Å². The van der Waals surface area contributed by atoms with Crippen molar-refractivity contribution in [3.8, 4) is 0 Å². The Kier molecular flexibility index (Phi) is 2.49. The molecule has 3 nitrogen and oxygen atoms in total. The molecule has 1 aromatic heterocycles. The predicted octanol–water partition coefficient (Wildman–Crippen LogP) is 1.76. The Labute approximate surface area is 90.9 Å². The molecule has 1 aromatic rings. The molecule has 2 aliphatic rings. The van der Waals surface area contributed by atoms with Crippen LogP contribution in [-0.4, -0.2) is 22.6 Å². The molecule has 0 amide bonds. The lowest BCUT2D eigenvalue weighted by Gasteiger charge is -2.10. The van der Waals surface area contributed by atoms with Crippen molar-refractivity contribution in [2.45, 2.75) is 38.1 Å². The first-order valence-electron chi connectivity index (χ1n) is 6.15. The topological polar surface area (TPSA) is 29.9 Å². The van der Waals surface area contributed by atoms with Gasteiger partial charge in [-0.25, -0.2) is 4.98 Å². The number of aromatic nitrogens is 2. The van der Waals surface area contributed by atoms with Crippen LogP contribution in [0.5, 0.6) is 0 Å². The number of imidazole rings is 1. The second-order valence-electron chi connectivity index (χ2n) is 4.90. The first kappa shape index (κ1) is 9.40. The lowest BCUT2D eigenvalue weighted by Crippen LogP contribution is -2.11. The highest BCUT2D eigenvalue weighted by molar-refractivity contribution is 5.07. The molecule has 1 aliphatic carbocycles. The molecular formula is C12H19N3. The summed E-state index contributed by atoms with van der Waals surface area (Å²) in [7, 11) is 0. The summed E-state index contributed by atoms with van der Waals surface area (Å²) in [6.07, 6.45) is 9.47. The highest BCUT2D eigenvalue weighted by Crippen LogP contribution is 2.39. The van der Waals surface area contributed by atoms with Crippen LogP contribution in [0.3, 0.4) is 0 Å². The molecule has 1 saturated heterocycles. The summed E-state index contributed by atoms with van der Waals surface area (Å²) in [5.74, 6) is 3.00. The number of nitrogens with zero attached hydrogens (tertiary/aromatic N) is 2. The Balaban J connectivity index is 1.58. The molecule has 0 bridgehead atoms. The maximum atomic E-state index is 4.47. The standard InChI is InChI=1S/C12H19N3/c1-2-11(1)12-14-6-8-15(12)7-4-10-3-5-13-9-10/h6,8,10-11,13H,1-5,7,9H2. The van der Waals surface area contributed by atoms with Crippen LogP contribution in [0.1, 0.15) is 37.4 Å². The van der Waals surface area contributed by atoms with E-state index in [-0.39, 0.29) is 0 Å². The van der Waals surface area contributed by atoms with E-state index in [0.717, 1.165) is 18.4 Å². The molecule has 2 fully saturated rings. The van der Waals surface area contributed by atoms with Gasteiger partial charge in [-0.1, -0.05) is 0 Å². The third-order valence-electron chi connectivity index (χ3n) is 3.63. The zero-order chi connectivity index (χ0) is 10.1.